The Bertz CT molecular complexity index is 800. The Balaban J connectivity index is 1.76. The van der Waals surface area contributed by atoms with E-state index >= 15 is 0 Å². The number of hydrogen-bond donors (Lipinski definition) is 3. The fourth-order valence-corrected chi connectivity index (χ4v) is 4.42. The SMILES string of the molecule is COc1nc(N2CCC(CCCCN)CC2)nc(OC)c1Sc1nc(N)cc(N)n1. The molecule has 11 heteroatoms. The van der Waals surface area contributed by atoms with Crippen LogP contribution in [0.3, 0.4) is 0 Å². The van der Waals surface area contributed by atoms with E-state index in [4.69, 9.17) is 26.7 Å². The first-order valence-corrected chi connectivity index (χ1v) is 10.9. The van der Waals surface area contributed by atoms with Gasteiger partial charge in [0.25, 0.3) is 0 Å². The van der Waals surface area contributed by atoms with Crippen LogP contribution in [-0.4, -0.2) is 53.8 Å². The summed E-state index contributed by atoms with van der Waals surface area (Å²) in [6.07, 6.45) is 5.76. The third-order valence-electron chi connectivity index (χ3n) is 5.08. The minimum atomic E-state index is 0.287. The molecule has 164 valence electrons. The number of rotatable bonds is 9. The van der Waals surface area contributed by atoms with Crippen molar-refractivity contribution in [1.29, 1.82) is 0 Å². The van der Waals surface area contributed by atoms with E-state index in [1.165, 1.54) is 30.7 Å². The van der Waals surface area contributed by atoms with Crippen LogP contribution in [0.4, 0.5) is 17.6 Å². The van der Waals surface area contributed by atoms with Crippen molar-refractivity contribution < 1.29 is 9.47 Å². The molecule has 1 aliphatic rings. The molecule has 3 rings (SSSR count). The van der Waals surface area contributed by atoms with Gasteiger partial charge in [0, 0.05) is 19.2 Å². The molecule has 0 unspecified atom stereocenters. The summed E-state index contributed by atoms with van der Waals surface area (Å²) in [4.78, 5) is 20.4. The smallest absolute Gasteiger partial charge is 0.236 e. The van der Waals surface area contributed by atoms with Gasteiger partial charge in [0.15, 0.2) is 5.16 Å². The second-order valence-electron chi connectivity index (χ2n) is 7.19. The average Bonchev–Trinajstić information content (AvgIpc) is 2.74. The lowest BCUT2D eigenvalue weighted by molar-refractivity contribution is 0.345. The van der Waals surface area contributed by atoms with Crippen LogP contribution in [0, 0.1) is 5.92 Å². The largest absolute Gasteiger partial charge is 0.480 e. The second-order valence-corrected chi connectivity index (χ2v) is 8.17. The first-order chi connectivity index (χ1) is 14.5. The van der Waals surface area contributed by atoms with Gasteiger partial charge in [0.1, 0.15) is 16.5 Å². The maximum atomic E-state index is 5.77. The molecule has 1 saturated heterocycles. The number of aromatic nitrogens is 4. The first kappa shape index (κ1) is 22.2. The van der Waals surface area contributed by atoms with E-state index in [0.29, 0.717) is 27.8 Å². The van der Waals surface area contributed by atoms with Crippen LogP contribution in [-0.2, 0) is 0 Å². The van der Waals surface area contributed by atoms with Crippen molar-refractivity contribution in [2.75, 3.05) is 50.2 Å². The van der Waals surface area contributed by atoms with Gasteiger partial charge in [0.2, 0.25) is 17.7 Å². The summed E-state index contributed by atoms with van der Waals surface area (Å²) >= 11 is 1.20. The van der Waals surface area contributed by atoms with E-state index in [9.17, 15) is 0 Å². The number of ether oxygens (including phenoxy) is 2. The van der Waals surface area contributed by atoms with Crippen LogP contribution in [0.5, 0.6) is 11.8 Å². The molecular weight excluding hydrogens is 404 g/mol. The number of unbranched alkanes of at least 4 members (excludes halogenated alkanes) is 1. The Morgan fingerprint density at radius 3 is 2.13 bits per heavy atom. The molecule has 0 aliphatic carbocycles. The van der Waals surface area contributed by atoms with Crippen molar-refractivity contribution in [2.45, 2.75) is 42.2 Å². The third-order valence-corrected chi connectivity index (χ3v) is 6.00. The summed E-state index contributed by atoms with van der Waals surface area (Å²) in [5.74, 6) is 2.71. The normalized spacial score (nSPS) is 14.7. The number of hydrogen-bond acceptors (Lipinski definition) is 11. The fourth-order valence-electron chi connectivity index (χ4n) is 3.50. The van der Waals surface area contributed by atoms with E-state index in [1.807, 2.05) is 0 Å². The predicted molar refractivity (Wildman–Crippen MR) is 118 cm³/mol. The van der Waals surface area contributed by atoms with E-state index in [2.05, 4.69) is 24.8 Å². The molecule has 1 aliphatic heterocycles. The van der Waals surface area contributed by atoms with Crippen molar-refractivity contribution in [3.63, 3.8) is 0 Å². The lowest BCUT2D eigenvalue weighted by Gasteiger charge is -2.32. The quantitative estimate of drug-likeness (QED) is 0.392. The molecule has 0 atom stereocenters. The Morgan fingerprint density at radius 2 is 1.60 bits per heavy atom. The van der Waals surface area contributed by atoms with Crippen molar-refractivity contribution >= 4 is 29.3 Å². The molecule has 0 saturated carbocycles. The molecule has 30 heavy (non-hydrogen) atoms. The van der Waals surface area contributed by atoms with Gasteiger partial charge in [0.05, 0.1) is 14.2 Å². The fraction of sp³-hybridized carbons (Fsp3) is 0.579. The molecule has 2 aromatic heterocycles. The highest BCUT2D eigenvalue weighted by Crippen LogP contribution is 2.40. The van der Waals surface area contributed by atoms with Crippen molar-refractivity contribution in [1.82, 2.24) is 19.9 Å². The summed E-state index contributed by atoms with van der Waals surface area (Å²) in [7, 11) is 3.13. The van der Waals surface area contributed by atoms with Crippen molar-refractivity contribution in [3.05, 3.63) is 6.07 Å². The van der Waals surface area contributed by atoms with Crippen LogP contribution in [0.15, 0.2) is 16.1 Å². The molecule has 2 aromatic rings. The van der Waals surface area contributed by atoms with Crippen LogP contribution in [0.1, 0.15) is 32.1 Å². The number of nitrogens with zero attached hydrogens (tertiary/aromatic N) is 5. The second kappa shape index (κ2) is 10.5. The van der Waals surface area contributed by atoms with E-state index in [-0.39, 0.29) is 11.6 Å². The molecule has 6 N–H and O–H groups in total. The van der Waals surface area contributed by atoms with E-state index < -0.39 is 0 Å². The highest BCUT2D eigenvalue weighted by Gasteiger charge is 2.25. The van der Waals surface area contributed by atoms with Gasteiger partial charge >= 0.3 is 0 Å². The number of nitrogen functional groups attached to an aromatic ring is 2. The lowest BCUT2D eigenvalue weighted by atomic mass is 9.92. The van der Waals surface area contributed by atoms with E-state index in [1.54, 1.807) is 14.2 Å². The monoisotopic (exact) mass is 434 g/mol. The number of methoxy groups -OCH3 is 2. The van der Waals surface area contributed by atoms with Gasteiger partial charge in [-0.3, -0.25) is 0 Å². The Labute approximate surface area is 181 Å². The molecule has 3 heterocycles. The van der Waals surface area contributed by atoms with Gasteiger partial charge in [-0.15, -0.1) is 0 Å². The molecular formula is C19H30N8O2S. The highest BCUT2D eigenvalue weighted by molar-refractivity contribution is 7.99. The molecule has 1 fully saturated rings. The molecule has 0 bridgehead atoms. The predicted octanol–water partition coefficient (Wildman–Crippen LogP) is 1.94. The van der Waals surface area contributed by atoms with Crippen molar-refractivity contribution in [2.24, 2.45) is 11.7 Å². The summed E-state index contributed by atoms with van der Waals surface area (Å²) in [6.45, 7) is 2.58. The number of anilines is 3. The molecule has 0 amide bonds. The van der Waals surface area contributed by atoms with Crippen LogP contribution < -0.4 is 31.6 Å². The summed E-state index contributed by atoms with van der Waals surface area (Å²) in [5.41, 5.74) is 17.2. The standard InChI is InChI=1S/C19H30N8O2S/c1-28-16-15(30-19-23-13(21)11-14(22)24-19)17(29-2)26-18(25-16)27-9-6-12(7-10-27)5-3-4-8-20/h11-12H,3-10,20H2,1-2H3,(H4,21,22,23,24). The van der Waals surface area contributed by atoms with E-state index in [0.717, 1.165) is 44.8 Å². The Kier molecular flexibility index (Phi) is 7.75. The van der Waals surface area contributed by atoms with Crippen LogP contribution >= 0.6 is 11.8 Å². The molecule has 0 spiro atoms. The maximum absolute atomic E-state index is 5.77. The van der Waals surface area contributed by atoms with Gasteiger partial charge < -0.3 is 31.6 Å². The maximum Gasteiger partial charge on any atom is 0.236 e. The van der Waals surface area contributed by atoms with Gasteiger partial charge in [-0.1, -0.05) is 12.8 Å². The van der Waals surface area contributed by atoms with Crippen molar-refractivity contribution in [3.8, 4) is 11.8 Å². The van der Waals surface area contributed by atoms with Gasteiger partial charge in [-0.2, -0.15) is 9.97 Å². The number of piperidine rings is 1. The highest BCUT2D eigenvalue weighted by atomic mass is 32.2. The Morgan fingerprint density at radius 1 is 1.00 bits per heavy atom. The van der Waals surface area contributed by atoms with Crippen LogP contribution in [0.2, 0.25) is 0 Å². The molecule has 0 aromatic carbocycles. The minimum absolute atomic E-state index is 0.287. The summed E-state index contributed by atoms with van der Waals surface area (Å²) in [5, 5.41) is 0.374. The minimum Gasteiger partial charge on any atom is -0.480 e. The van der Waals surface area contributed by atoms with Crippen LogP contribution in [0.25, 0.3) is 0 Å². The number of nitrogens with two attached hydrogens (primary N) is 3. The summed E-state index contributed by atoms with van der Waals surface area (Å²) < 4.78 is 11.1. The first-order valence-electron chi connectivity index (χ1n) is 10.1. The van der Waals surface area contributed by atoms with Gasteiger partial charge in [-0.25, -0.2) is 9.97 Å². The Hall–Kier alpha value is -2.53. The third kappa shape index (κ3) is 5.54. The summed E-state index contributed by atoms with van der Waals surface area (Å²) in [6, 6.07) is 1.50. The zero-order valence-electron chi connectivity index (χ0n) is 17.5. The topological polar surface area (TPSA) is 151 Å². The zero-order valence-corrected chi connectivity index (χ0v) is 18.3. The zero-order chi connectivity index (χ0) is 21.5. The van der Waals surface area contributed by atoms with Gasteiger partial charge in [-0.05, 0) is 43.5 Å². The molecule has 10 nitrogen and oxygen atoms in total. The average molecular weight is 435 g/mol. The lowest BCUT2D eigenvalue weighted by Crippen LogP contribution is -2.35. The molecule has 0 radical (unpaired) electrons.